The summed E-state index contributed by atoms with van der Waals surface area (Å²) >= 11 is 0. The number of benzene rings is 2. The van der Waals surface area contributed by atoms with E-state index in [1.807, 2.05) is 42.5 Å². The highest BCUT2D eigenvalue weighted by Crippen LogP contribution is 2.47. The fraction of sp³-hybridized carbons (Fsp3) is 0.211. The van der Waals surface area contributed by atoms with Gasteiger partial charge in [-0.05, 0) is 41.7 Å². The molecule has 0 unspecified atom stereocenters. The maximum Gasteiger partial charge on any atom is 0.307 e. The number of nitrogens with one attached hydrogen (secondary N) is 2. The van der Waals surface area contributed by atoms with Crippen LogP contribution in [0.15, 0.2) is 48.7 Å². The number of carbonyl (C=O) groups is 2. The van der Waals surface area contributed by atoms with E-state index in [2.05, 4.69) is 15.5 Å². The minimum atomic E-state index is -0.739. The third kappa shape index (κ3) is 3.24. The van der Waals surface area contributed by atoms with E-state index < -0.39 is 5.97 Å². The number of nitrogens with zero attached hydrogens (tertiary/aromatic N) is 1. The fourth-order valence-electron chi connectivity index (χ4n) is 3.13. The molecule has 0 radical (unpaired) electrons. The first-order chi connectivity index (χ1) is 12.1. The van der Waals surface area contributed by atoms with E-state index in [0.717, 1.165) is 22.0 Å². The molecule has 1 fully saturated rings. The van der Waals surface area contributed by atoms with Crippen LogP contribution in [0.4, 0.5) is 5.69 Å². The quantitative estimate of drug-likeness (QED) is 0.668. The maximum absolute atomic E-state index is 12.2. The van der Waals surface area contributed by atoms with Crippen molar-refractivity contribution in [2.75, 3.05) is 5.32 Å². The maximum atomic E-state index is 12.2. The van der Waals surface area contributed by atoms with E-state index in [1.54, 1.807) is 6.20 Å². The van der Waals surface area contributed by atoms with Crippen LogP contribution in [0, 0.1) is 5.92 Å². The molecule has 25 heavy (non-hydrogen) atoms. The molecule has 0 bridgehead atoms. The second-order valence-corrected chi connectivity index (χ2v) is 6.43. The minimum absolute atomic E-state index is 0.0959. The normalized spacial score (nSPS) is 18.9. The highest BCUT2D eigenvalue weighted by atomic mass is 16.4. The van der Waals surface area contributed by atoms with Gasteiger partial charge >= 0.3 is 5.97 Å². The summed E-state index contributed by atoms with van der Waals surface area (Å²) in [6, 6.07) is 13.2. The smallest absolute Gasteiger partial charge is 0.307 e. The number of amides is 1. The molecule has 0 saturated heterocycles. The van der Waals surface area contributed by atoms with E-state index >= 15 is 0 Å². The lowest BCUT2D eigenvalue weighted by Gasteiger charge is -2.07. The first-order valence-corrected chi connectivity index (χ1v) is 8.15. The molecule has 1 aromatic heterocycles. The summed E-state index contributed by atoms with van der Waals surface area (Å²) in [5, 5.41) is 19.7. The van der Waals surface area contributed by atoms with Crippen molar-refractivity contribution in [2.24, 2.45) is 5.92 Å². The molecule has 0 spiro atoms. The van der Waals surface area contributed by atoms with Crippen LogP contribution >= 0.6 is 0 Å². The molecule has 4 rings (SSSR count). The van der Waals surface area contributed by atoms with Crippen LogP contribution in [0.1, 0.15) is 23.5 Å². The molecule has 0 aliphatic heterocycles. The van der Waals surface area contributed by atoms with Crippen molar-refractivity contribution in [1.29, 1.82) is 0 Å². The Morgan fingerprint density at radius 2 is 2.00 bits per heavy atom. The van der Waals surface area contributed by atoms with Gasteiger partial charge in [-0.1, -0.05) is 24.3 Å². The molecule has 2 atom stereocenters. The van der Waals surface area contributed by atoms with E-state index in [0.29, 0.717) is 12.1 Å². The topological polar surface area (TPSA) is 95.1 Å². The van der Waals surface area contributed by atoms with Crippen LogP contribution in [-0.2, 0) is 16.0 Å². The summed E-state index contributed by atoms with van der Waals surface area (Å²) in [4.78, 5) is 23.1. The van der Waals surface area contributed by atoms with Gasteiger partial charge in [-0.3, -0.25) is 14.7 Å². The van der Waals surface area contributed by atoms with Crippen LogP contribution in [0.3, 0.4) is 0 Å². The number of aromatic nitrogens is 2. The number of carboxylic acid groups (broad SMARTS) is 1. The standard InChI is InChI=1S/C19H17N3O3/c23-18(8-11-1-2-13-10-20-22-17(13)7-11)21-14-5-3-12(4-6-14)15-9-16(15)19(24)25/h1-7,10,15-16H,8-9H2,(H,20,22)(H,21,23)(H,24,25)/t15-,16+/m0/s1. The van der Waals surface area contributed by atoms with Crippen LogP contribution in [0.5, 0.6) is 0 Å². The van der Waals surface area contributed by atoms with Crippen molar-refractivity contribution < 1.29 is 14.7 Å². The number of hydrogen-bond acceptors (Lipinski definition) is 3. The molecule has 1 aliphatic rings. The summed E-state index contributed by atoms with van der Waals surface area (Å²) in [6.07, 6.45) is 2.72. The van der Waals surface area contributed by atoms with E-state index in [-0.39, 0.29) is 24.2 Å². The van der Waals surface area contributed by atoms with E-state index in [1.165, 1.54) is 0 Å². The van der Waals surface area contributed by atoms with Gasteiger partial charge in [0.1, 0.15) is 0 Å². The molecule has 6 nitrogen and oxygen atoms in total. The van der Waals surface area contributed by atoms with Gasteiger partial charge in [0, 0.05) is 11.1 Å². The van der Waals surface area contributed by atoms with Crippen molar-refractivity contribution >= 4 is 28.5 Å². The summed E-state index contributed by atoms with van der Waals surface area (Å²) in [7, 11) is 0. The highest BCUT2D eigenvalue weighted by Gasteiger charge is 2.43. The van der Waals surface area contributed by atoms with Crippen LogP contribution in [-0.4, -0.2) is 27.2 Å². The summed E-state index contributed by atoms with van der Waals surface area (Å²) in [5.41, 5.74) is 3.54. The largest absolute Gasteiger partial charge is 0.481 e. The van der Waals surface area contributed by atoms with Crippen molar-refractivity contribution in [3.63, 3.8) is 0 Å². The summed E-state index contributed by atoms with van der Waals surface area (Å²) in [6.45, 7) is 0. The number of rotatable bonds is 5. The Hall–Kier alpha value is -3.15. The third-order valence-electron chi connectivity index (χ3n) is 4.60. The van der Waals surface area contributed by atoms with Gasteiger partial charge in [-0.25, -0.2) is 0 Å². The molecular formula is C19H17N3O3. The second kappa shape index (κ2) is 6.05. The van der Waals surface area contributed by atoms with Crippen LogP contribution < -0.4 is 5.32 Å². The average molecular weight is 335 g/mol. The predicted octanol–water partition coefficient (Wildman–Crippen LogP) is 2.93. The molecule has 1 amide bonds. The van der Waals surface area contributed by atoms with Crippen molar-refractivity contribution in [1.82, 2.24) is 10.2 Å². The molecule has 3 N–H and O–H groups in total. The van der Waals surface area contributed by atoms with Crippen molar-refractivity contribution in [3.05, 3.63) is 59.8 Å². The Labute approximate surface area is 143 Å². The number of aliphatic carboxylic acids is 1. The summed E-state index contributed by atoms with van der Waals surface area (Å²) in [5.74, 6) is -1.00. The van der Waals surface area contributed by atoms with Gasteiger partial charge < -0.3 is 10.4 Å². The second-order valence-electron chi connectivity index (χ2n) is 6.43. The van der Waals surface area contributed by atoms with Gasteiger partial charge in [0.2, 0.25) is 5.91 Å². The number of carbonyl (C=O) groups excluding carboxylic acids is 1. The number of H-pyrrole nitrogens is 1. The average Bonchev–Trinajstić information content (AvgIpc) is 3.26. The zero-order valence-corrected chi connectivity index (χ0v) is 13.4. The first-order valence-electron chi connectivity index (χ1n) is 8.15. The van der Waals surface area contributed by atoms with Crippen molar-refractivity contribution in [2.45, 2.75) is 18.8 Å². The highest BCUT2D eigenvalue weighted by molar-refractivity contribution is 5.93. The zero-order valence-electron chi connectivity index (χ0n) is 13.4. The van der Waals surface area contributed by atoms with Gasteiger partial charge in [0.25, 0.3) is 0 Å². The molecule has 2 aromatic carbocycles. The molecular weight excluding hydrogens is 318 g/mol. The number of fused-ring (bicyclic) bond motifs is 1. The van der Waals surface area contributed by atoms with Gasteiger partial charge in [-0.15, -0.1) is 0 Å². The molecule has 1 saturated carbocycles. The minimum Gasteiger partial charge on any atom is -0.481 e. The Morgan fingerprint density at radius 1 is 1.20 bits per heavy atom. The Bertz CT molecular complexity index is 946. The molecule has 6 heteroatoms. The monoisotopic (exact) mass is 335 g/mol. The number of hydrogen-bond donors (Lipinski definition) is 3. The van der Waals surface area contributed by atoms with Gasteiger partial charge in [0.15, 0.2) is 0 Å². The Kier molecular flexibility index (Phi) is 3.72. The molecule has 1 aliphatic carbocycles. The van der Waals surface area contributed by atoms with Gasteiger partial charge in [0.05, 0.1) is 24.1 Å². The van der Waals surface area contributed by atoms with E-state index in [4.69, 9.17) is 5.11 Å². The number of carboxylic acids is 1. The lowest BCUT2D eigenvalue weighted by Crippen LogP contribution is -2.14. The molecule has 126 valence electrons. The SMILES string of the molecule is O=C(Cc1ccc2cn[nH]c2c1)Nc1ccc([C@@H]2C[C@H]2C(=O)O)cc1. The first kappa shape index (κ1) is 15.4. The fourth-order valence-corrected chi connectivity index (χ4v) is 3.13. The molecule has 1 heterocycles. The zero-order chi connectivity index (χ0) is 17.4. The predicted molar refractivity (Wildman–Crippen MR) is 93.4 cm³/mol. The summed E-state index contributed by atoms with van der Waals surface area (Å²) < 4.78 is 0. The van der Waals surface area contributed by atoms with E-state index in [9.17, 15) is 9.59 Å². The Balaban J connectivity index is 1.38. The van der Waals surface area contributed by atoms with Crippen LogP contribution in [0.2, 0.25) is 0 Å². The molecule has 3 aromatic rings. The van der Waals surface area contributed by atoms with Crippen molar-refractivity contribution in [3.8, 4) is 0 Å². The number of aromatic amines is 1. The lowest BCUT2D eigenvalue weighted by atomic mass is 10.1. The third-order valence-corrected chi connectivity index (χ3v) is 4.60. The number of anilines is 1. The van der Waals surface area contributed by atoms with Gasteiger partial charge in [-0.2, -0.15) is 5.10 Å². The lowest BCUT2D eigenvalue weighted by molar-refractivity contribution is -0.138. The Morgan fingerprint density at radius 3 is 2.72 bits per heavy atom. The van der Waals surface area contributed by atoms with Crippen LogP contribution in [0.25, 0.3) is 10.9 Å².